The van der Waals surface area contributed by atoms with Gasteiger partial charge in [0, 0.05) is 34.5 Å². The van der Waals surface area contributed by atoms with E-state index in [1.54, 1.807) is 30.5 Å². The number of fused-ring (bicyclic) bond motifs is 1. The molecule has 1 atom stereocenters. The van der Waals surface area contributed by atoms with Crippen molar-refractivity contribution in [2.45, 2.75) is 44.6 Å². The van der Waals surface area contributed by atoms with Crippen molar-refractivity contribution in [3.8, 4) is 11.1 Å². The lowest BCUT2D eigenvalue weighted by Gasteiger charge is -2.26. The first-order valence-electron chi connectivity index (χ1n) is 12.1. The van der Waals surface area contributed by atoms with Crippen LogP contribution in [0.3, 0.4) is 0 Å². The molecular weight excluding hydrogens is 422 g/mol. The summed E-state index contributed by atoms with van der Waals surface area (Å²) in [6.07, 6.45) is 9.15. The van der Waals surface area contributed by atoms with Crippen molar-refractivity contribution >= 4 is 17.4 Å². The molecule has 1 aliphatic carbocycles. The van der Waals surface area contributed by atoms with Crippen molar-refractivity contribution in [2.24, 2.45) is 5.73 Å². The first-order valence-corrected chi connectivity index (χ1v) is 12.1. The molecule has 2 heterocycles. The Morgan fingerprint density at radius 3 is 2.29 bits per heavy atom. The molecule has 5 N–H and O–H groups in total. The number of carbonyl (C=O) groups excluding carboxylic acids is 1. The minimum absolute atomic E-state index is 0.270. The van der Waals surface area contributed by atoms with Gasteiger partial charge in [-0.1, -0.05) is 30.3 Å². The molecule has 6 heteroatoms. The first-order chi connectivity index (χ1) is 16.5. The molecule has 0 radical (unpaired) electrons. The summed E-state index contributed by atoms with van der Waals surface area (Å²) in [7, 11) is 0. The summed E-state index contributed by atoms with van der Waals surface area (Å²) in [5.74, 6) is -0.174. The summed E-state index contributed by atoms with van der Waals surface area (Å²) < 4.78 is 0. The first kappa shape index (κ1) is 22.3. The van der Waals surface area contributed by atoms with E-state index in [1.165, 1.54) is 49.9 Å². The Bertz CT molecular complexity index is 1230. The van der Waals surface area contributed by atoms with Crippen molar-refractivity contribution in [3.05, 3.63) is 82.5 Å². The number of aromatic nitrogens is 1. The zero-order valence-corrected chi connectivity index (χ0v) is 19.4. The van der Waals surface area contributed by atoms with Gasteiger partial charge >= 0.3 is 0 Å². The number of hydrogen-bond donors (Lipinski definition) is 3. The topological polar surface area (TPSA) is 109 Å². The van der Waals surface area contributed by atoms with Gasteiger partial charge in [-0.3, -0.25) is 10.2 Å². The monoisotopic (exact) mass is 453 g/mol. The number of nitrogen functional groups attached to an aromatic ring is 1. The molecule has 1 aromatic heterocycles. The number of nitrogens with one attached hydrogen (secondary N) is 1. The molecule has 3 aromatic rings. The van der Waals surface area contributed by atoms with Crippen LogP contribution >= 0.6 is 0 Å². The maximum Gasteiger partial charge on any atom is 0.248 e. The second-order valence-electron chi connectivity index (χ2n) is 9.43. The van der Waals surface area contributed by atoms with Gasteiger partial charge in [0.05, 0.1) is 5.71 Å². The number of primary amides is 1. The van der Waals surface area contributed by atoms with E-state index in [0.29, 0.717) is 28.6 Å². The quantitative estimate of drug-likeness (QED) is 0.397. The van der Waals surface area contributed by atoms with Crippen LogP contribution in [0.1, 0.15) is 58.3 Å². The highest BCUT2D eigenvalue weighted by Gasteiger charge is 2.24. The van der Waals surface area contributed by atoms with E-state index >= 15 is 0 Å². The number of rotatable bonds is 5. The number of nitrogens with zero attached hydrogens (tertiary/aromatic N) is 2. The van der Waals surface area contributed by atoms with Gasteiger partial charge in [-0.05, 0) is 86.5 Å². The average molecular weight is 454 g/mol. The molecule has 5 rings (SSSR count). The number of anilines is 1. The third-order valence-corrected chi connectivity index (χ3v) is 7.34. The van der Waals surface area contributed by atoms with Gasteiger partial charge in [0.25, 0.3) is 0 Å². The lowest BCUT2D eigenvalue weighted by Crippen LogP contribution is -2.32. The largest absolute Gasteiger partial charge is 0.383 e. The highest BCUT2D eigenvalue weighted by Crippen LogP contribution is 2.31. The van der Waals surface area contributed by atoms with E-state index in [4.69, 9.17) is 16.9 Å². The Kier molecular flexibility index (Phi) is 6.16. The van der Waals surface area contributed by atoms with E-state index in [2.05, 4.69) is 28.1 Å². The Balaban J connectivity index is 1.39. The number of hydrogen-bond acceptors (Lipinski definition) is 5. The summed E-state index contributed by atoms with van der Waals surface area (Å²) >= 11 is 0. The number of pyridine rings is 1. The van der Waals surface area contributed by atoms with Crippen LogP contribution in [0.5, 0.6) is 0 Å². The molecule has 1 unspecified atom stereocenters. The van der Waals surface area contributed by atoms with Gasteiger partial charge in [0.2, 0.25) is 5.91 Å². The summed E-state index contributed by atoms with van der Waals surface area (Å²) in [4.78, 5) is 18.4. The van der Waals surface area contributed by atoms with E-state index in [9.17, 15) is 4.79 Å². The number of aryl methyl sites for hydroxylation is 2. The minimum Gasteiger partial charge on any atom is -0.383 e. The Labute approximate surface area is 200 Å². The fraction of sp³-hybridized carbons (Fsp3) is 0.321. The molecular formula is C28H31N5O. The second kappa shape index (κ2) is 9.39. The van der Waals surface area contributed by atoms with Crippen molar-refractivity contribution in [1.29, 1.82) is 5.41 Å². The van der Waals surface area contributed by atoms with Crippen LogP contribution in [0.4, 0.5) is 5.82 Å². The molecule has 1 saturated heterocycles. The number of nitrogens with two attached hydrogens (primary N) is 2. The fourth-order valence-electron chi connectivity index (χ4n) is 5.33. The predicted molar refractivity (Wildman–Crippen MR) is 136 cm³/mol. The number of amides is 1. The maximum atomic E-state index is 11.4. The summed E-state index contributed by atoms with van der Waals surface area (Å²) in [5, 5.41) is 8.69. The molecule has 34 heavy (non-hydrogen) atoms. The highest BCUT2D eigenvalue weighted by molar-refractivity contribution is 6.14. The van der Waals surface area contributed by atoms with Crippen molar-refractivity contribution in [1.82, 2.24) is 9.88 Å². The van der Waals surface area contributed by atoms with Crippen molar-refractivity contribution < 1.29 is 4.79 Å². The van der Waals surface area contributed by atoms with Crippen LogP contribution < -0.4 is 11.5 Å². The van der Waals surface area contributed by atoms with Gasteiger partial charge in [0.15, 0.2) is 0 Å². The Morgan fingerprint density at radius 1 is 0.912 bits per heavy atom. The van der Waals surface area contributed by atoms with Gasteiger partial charge in [-0.15, -0.1) is 0 Å². The summed E-state index contributed by atoms with van der Waals surface area (Å²) in [6.45, 7) is 2.51. The minimum atomic E-state index is -0.490. The SMILES string of the molecule is N=C(c1ccc(C(N)=O)cc1)c1cc(-c2ccc3c(c2)CCC(N2CCCC2)CC3)cnc1N. The standard InChI is InChI=1S/C28H31N5O/c29-26(19-4-6-20(7-5-19)28(31)34)25-16-23(17-32-27(25)30)22-8-3-18-9-11-24(12-10-21(18)15-22)33-13-1-2-14-33/h3-8,15-17,24,29H,1-2,9-14H2,(H2,30,32)(H2,31,34). The van der Waals surface area contributed by atoms with E-state index in [1.807, 2.05) is 6.07 Å². The highest BCUT2D eigenvalue weighted by atomic mass is 16.1. The molecule has 2 aliphatic rings. The molecule has 1 aliphatic heterocycles. The van der Waals surface area contributed by atoms with Crippen LogP contribution in [0, 0.1) is 5.41 Å². The maximum absolute atomic E-state index is 11.4. The normalized spacial score (nSPS) is 18.3. The average Bonchev–Trinajstić information content (AvgIpc) is 3.31. The van der Waals surface area contributed by atoms with Crippen LogP contribution in [-0.4, -0.2) is 40.6 Å². The van der Waals surface area contributed by atoms with Crippen LogP contribution in [-0.2, 0) is 12.8 Å². The molecule has 0 saturated carbocycles. The third-order valence-electron chi connectivity index (χ3n) is 7.34. The zero-order valence-electron chi connectivity index (χ0n) is 19.4. The number of likely N-dealkylation sites (tertiary alicyclic amines) is 1. The predicted octanol–water partition coefficient (Wildman–Crippen LogP) is 4.19. The lowest BCUT2D eigenvalue weighted by atomic mass is 9.95. The van der Waals surface area contributed by atoms with Gasteiger partial charge in [0.1, 0.15) is 5.82 Å². The zero-order chi connectivity index (χ0) is 23.7. The van der Waals surface area contributed by atoms with Crippen molar-refractivity contribution in [3.63, 3.8) is 0 Å². The van der Waals surface area contributed by atoms with Crippen LogP contribution in [0.25, 0.3) is 11.1 Å². The number of benzene rings is 2. The molecule has 1 amide bonds. The summed E-state index contributed by atoms with van der Waals surface area (Å²) in [5.41, 5.74) is 18.3. The van der Waals surface area contributed by atoms with Crippen molar-refractivity contribution in [2.75, 3.05) is 18.8 Å². The Hall–Kier alpha value is -3.51. The smallest absolute Gasteiger partial charge is 0.248 e. The number of carbonyl (C=O) groups is 1. The second-order valence-corrected chi connectivity index (χ2v) is 9.43. The summed E-state index contributed by atoms with van der Waals surface area (Å²) in [6, 6.07) is 16.1. The van der Waals surface area contributed by atoms with Gasteiger partial charge < -0.3 is 16.4 Å². The molecule has 2 aromatic carbocycles. The third kappa shape index (κ3) is 4.46. The van der Waals surface area contributed by atoms with E-state index in [0.717, 1.165) is 24.0 Å². The molecule has 174 valence electrons. The van der Waals surface area contributed by atoms with Gasteiger partial charge in [-0.2, -0.15) is 0 Å². The van der Waals surface area contributed by atoms with Gasteiger partial charge in [-0.25, -0.2) is 4.98 Å². The molecule has 0 bridgehead atoms. The fourth-order valence-corrected chi connectivity index (χ4v) is 5.33. The van der Waals surface area contributed by atoms with E-state index in [-0.39, 0.29) is 5.71 Å². The Morgan fingerprint density at radius 2 is 1.59 bits per heavy atom. The molecule has 1 fully saturated rings. The van der Waals surface area contributed by atoms with Crippen LogP contribution in [0.15, 0.2) is 54.7 Å². The lowest BCUT2D eigenvalue weighted by molar-refractivity contribution is 0.100. The van der Waals surface area contributed by atoms with E-state index < -0.39 is 5.91 Å². The van der Waals surface area contributed by atoms with Crippen LogP contribution in [0.2, 0.25) is 0 Å². The molecule has 0 spiro atoms. The molecule has 6 nitrogen and oxygen atoms in total.